The number of halogens is 3. The molecule has 28 heavy (non-hydrogen) atoms. The van der Waals surface area contributed by atoms with E-state index < -0.39 is 23.6 Å². The molecule has 1 aliphatic rings. The van der Waals surface area contributed by atoms with E-state index >= 15 is 0 Å². The van der Waals surface area contributed by atoms with Gasteiger partial charge in [0, 0.05) is 19.5 Å². The maximum absolute atomic E-state index is 12.8. The molecule has 3 rings (SSSR count). The van der Waals surface area contributed by atoms with Crippen LogP contribution in [0.5, 0.6) is 5.75 Å². The molecule has 0 radical (unpaired) electrons. The molecule has 0 bridgehead atoms. The highest BCUT2D eigenvalue weighted by molar-refractivity contribution is 5.98. The van der Waals surface area contributed by atoms with Crippen molar-refractivity contribution in [3.8, 4) is 5.75 Å². The van der Waals surface area contributed by atoms with Crippen molar-refractivity contribution in [3.05, 3.63) is 59.2 Å². The van der Waals surface area contributed by atoms with Crippen molar-refractivity contribution in [3.63, 3.8) is 0 Å². The van der Waals surface area contributed by atoms with Gasteiger partial charge in [-0.05, 0) is 42.3 Å². The summed E-state index contributed by atoms with van der Waals surface area (Å²) in [5.41, 5.74) is 0.678. The van der Waals surface area contributed by atoms with Crippen LogP contribution >= 0.6 is 0 Å². The van der Waals surface area contributed by atoms with Crippen LogP contribution in [0.1, 0.15) is 23.1 Å². The molecule has 0 aromatic heterocycles. The van der Waals surface area contributed by atoms with E-state index in [9.17, 15) is 27.9 Å². The van der Waals surface area contributed by atoms with E-state index in [4.69, 9.17) is 0 Å². The molecule has 0 aliphatic carbocycles. The molecule has 2 aromatic carbocycles. The van der Waals surface area contributed by atoms with E-state index in [1.807, 2.05) is 6.92 Å². The van der Waals surface area contributed by atoms with Gasteiger partial charge >= 0.3 is 6.18 Å². The molecule has 1 saturated heterocycles. The van der Waals surface area contributed by atoms with Crippen LogP contribution in [0.3, 0.4) is 0 Å². The van der Waals surface area contributed by atoms with Gasteiger partial charge in [-0.15, -0.1) is 0 Å². The lowest BCUT2D eigenvalue weighted by molar-refractivity contribution is -0.137. The molecule has 8 heteroatoms. The Hall–Kier alpha value is -3.03. The van der Waals surface area contributed by atoms with Crippen molar-refractivity contribution >= 4 is 17.5 Å². The lowest BCUT2D eigenvalue weighted by Gasteiger charge is -2.18. The van der Waals surface area contributed by atoms with Crippen molar-refractivity contribution in [2.75, 3.05) is 11.9 Å². The van der Waals surface area contributed by atoms with Crippen LogP contribution in [-0.2, 0) is 22.3 Å². The smallest absolute Gasteiger partial charge is 0.416 e. The highest BCUT2D eigenvalue weighted by atomic mass is 19.4. The number of hydrogen-bond acceptors (Lipinski definition) is 3. The predicted molar refractivity (Wildman–Crippen MR) is 96.4 cm³/mol. The molecule has 0 spiro atoms. The van der Waals surface area contributed by atoms with E-state index in [0.29, 0.717) is 5.56 Å². The third kappa shape index (κ3) is 4.44. The van der Waals surface area contributed by atoms with Crippen molar-refractivity contribution in [2.45, 2.75) is 26.1 Å². The zero-order chi connectivity index (χ0) is 20.5. The number of phenols is 1. The van der Waals surface area contributed by atoms with Crippen molar-refractivity contribution in [1.82, 2.24) is 4.90 Å². The Bertz CT molecular complexity index is 912. The number of anilines is 1. The van der Waals surface area contributed by atoms with Crippen LogP contribution in [0.15, 0.2) is 42.5 Å². The summed E-state index contributed by atoms with van der Waals surface area (Å²) in [5.74, 6) is -1.44. The van der Waals surface area contributed by atoms with E-state index in [1.165, 1.54) is 23.1 Å². The molecule has 2 amide bonds. The number of carbonyl (C=O) groups is 2. The van der Waals surface area contributed by atoms with Gasteiger partial charge in [0.25, 0.3) is 0 Å². The first kappa shape index (κ1) is 19.7. The summed E-state index contributed by atoms with van der Waals surface area (Å²) in [6.45, 7) is 1.92. The summed E-state index contributed by atoms with van der Waals surface area (Å²) in [6, 6.07) is 9.56. The Kier molecular flexibility index (Phi) is 5.31. The topological polar surface area (TPSA) is 69.6 Å². The second-order valence-corrected chi connectivity index (χ2v) is 6.88. The monoisotopic (exact) mass is 392 g/mol. The Morgan fingerprint density at radius 1 is 1.25 bits per heavy atom. The molecule has 1 aliphatic heterocycles. The highest BCUT2D eigenvalue weighted by Crippen LogP contribution is 2.31. The third-order valence-electron chi connectivity index (χ3n) is 4.62. The molecule has 148 valence electrons. The van der Waals surface area contributed by atoms with Crippen LogP contribution in [0.4, 0.5) is 18.9 Å². The Balaban J connectivity index is 1.66. The maximum Gasteiger partial charge on any atom is 0.416 e. The van der Waals surface area contributed by atoms with E-state index in [2.05, 4.69) is 5.32 Å². The van der Waals surface area contributed by atoms with E-state index in [-0.39, 0.29) is 36.9 Å². The van der Waals surface area contributed by atoms with E-state index in [0.717, 1.165) is 17.7 Å². The van der Waals surface area contributed by atoms with Crippen LogP contribution < -0.4 is 5.32 Å². The molecule has 2 N–H and O–H groups in total. The third-order valence-corrected chi connectivity index (χ3v) is 4.62. The molecule has 1 atom stereocenters. The lowest BCUT2D eigenvalue weighted by Crippen LogP contribution is -2.28. The zero-order valence-electron chi connectivity index (χ0n) is 15.1. The normalized spacial score (nSPS) is 17.1. The summed E-state index contributed by atoms with van der Waals surface area (Å²) in [7, 11) is 0. The number of amides is 2. The number of rotatable bonds is 4. The standard InChI is InChI=1S/C20H19F3N2O3/c1-12-5-6-17(26)16(7-12)24-19(28)14-9-18(27)25(11-14)10-13-3-2-4-15(8-13)20(21,22)23/h2-8,14,26H,9-11H2,1H3,(H,24,28)/t14-/m1/s1. The number of alkyl halides is 3. The fraction of sp³-hybridized carbons (Fsp3) is 0.300. The highest BCUT2D eigenvalue weighted by Gasteiger charge is 2.35. The van der Waals surface area contributed by atoms with Gasteiger partial charge in [0.15, 0.2) is 0 Å². The predicted octanol–water partition coefficient (Wildman–Crippen LogP) is 3.71. The first-order valence-electron chi connectivity index (χ1n) is 8.68. The second kappa shape index (κ2) is 7.53. The fourth-order valence-corrected chi connectivity index (χ4v) is 3.15. The van der Waals surface area contributed by atoms with Gasteiger partial charge in [-0.25, -0.2) is 0 Å². The number of benzene rings is 2. The van der Waals surface area contributed by atoms with Gasteiger partial charge in [-0.1, -0.05) is 18.2 Å². The number of aromatic hydroxyl groups is 1. The van der Waals surface area contributed by atoms with Gasteiger partial charge in [-0.2, -0.15) is 13.2 Å². The summed E-state index contributed by atoms with van der Waals surface area (Å²) < 4.78 is 38.5. The Morgan fingerprint density at radius 3 is 2.71 bits per heavy atom. The molecule has 1 heterocycles. The van der Waals surface area contributed by atoms with Crippen molar-refractivity contribution in [1.29, 1.82) is 0 Å². The van der Waals surface area contributed by atoms with Gasteiger partial charge in [0.2, 0.25) is 11.8 Å². The molecular weight excluding hydrogens is 373 g/mol. The summed E-state index contributed by atoms with van der Waals surface area (Å²) in [6.07, 6.45) is -4.49. The first-order chi connectivity index (χ1) is 13.1. The van der Waals surface area contributed by atoms with Crippen molar-refractivity contribution in [2.24, 2.45) is 5.92 Å². The maximum atomic E-state index is 12.8. The quantitative estimate of drug-likeness (QED) is 0.780. The van der Waals surface area contributed by atoms with Gasteiger partial charge in [0.05, 0.1) is 17.2 Å². The minimum atomic E-state index is -4.46. The van der Waals surface area contributed by atoms with Crippen molar-refractivity contribution < 1.29 is 27.9 Å². The average Bonchev–Trinajstić information content (AvgIpc) is 2.98. The number of likely N-dealkylation sites (tertiary alicyclic amines) is 1. The number of aryl methyl sites for hydroxylation is 1. The number of carbonyl (C=O) groups excluding carboxylic acids is 2. The number of hydrogen-bond donors (Lipinski definition) is 2. The SMILES string of the molecule is Cc1ccc(O)c(NC(=O)[C@@H]2CC(=O)N(Cc3cccc(C(F)(F)F)c3)C2)c1. The Labute approximate surface area is 159 Å². The van der Waals surface area contributed by atoms with Crippen LogP contribution in [0, 0.1) is 12.8 Å². The fourth-order valence-electron chi connectivity index (χ4n) is 3.15. The van der Waals surface area contributed by atoms with E-state index in [1.54, 1.807) is 12.1 Å². The molecule has 5 nitrogen and oxygen atoms in total. The number of phenolic OH excluding ortho intramolecular Hbond substituents is 1. The lowest BCUT2D eigenvalue weighted by atomic mass is 10.1. The molecule has 2 aromatic rings. The summed E-state index contributed by atoms with van der Waals surface area (Å²) in [4.78, 5) is 26.1. The van der Waals surface area contributed by atoms with Gasteiger partial charge in [0.1, 0.15) is 5.75 Å². The summed E-state index contributed by atoms with van der Waals surface area (Å²) in [5, 5.41) is 12.4. The number of nitrogens with one attached hydrogen (secondary N) is 1. The minimum Gasteiger partial charge on any atom is -0.506 e. The average molecular weight is 392 g/mol. The molecule has 0 unspecified atom stereocenters. The van der Waals surface area contributed by atoms with Crippen LogP contribution in [-0.4, -0.2) is 28.4 Å². The summed E-state index contributed by atoms with van der Waals surface area (Å²) >= 11 is 0. The molecule has 1 fully saturated rings. The second-order valence-electron chi connectivity index (χ2n) is 6.88. The van der Waals surface area contributed by atoms with Gasteiger partial charge in [-0.3, -0.25) is 9.59 Å². The number of nitrogens with zero attached hydrogens (tertiary/aromatic N) is 1. The zero-order valence-corrected chi connectivity index (χ0v) is 15.1. The van der Waals surface area contributed by atoms with Crippen LogP contribution in [0.25, 0.3) is 0 Å². The Morgan fingerprint density at radius 2 is 2.00 bits per heavy atom. The minimum absolute atomic E-state index is 0.00221. The largest absolute Gasteiger partial charge is 0.506 e. The van der Waals surface area contributed by atoms with Crippen LogP contribution in [0.2, 0.25) is 0 Å². The molecular formula is C20H19F3N2O3. The molecule has 0 saturated carbocycles. The van der Waals surface area contributed by atoms with Gasteiger partial charge < -0.3 is 15.3 Å². The first-order valence-corrected chi connectivity index (χ1v) is 8.68.